The Bertz CT molecular complexity index is 218. The fourth-order valence-corrected chi connectivity index (χ4v) is 1.45. The molecule has 0 radical (unpaired) electrons. The lowest BCUT2D eigenvalue weighted by Gasteiger charge is -2.24. The minimum atomic E-state index is -3.08. The van der Waals surface area contributed by atoms with Gasteiger partial charge in [0.15, 0.2) is 5.60 Å². The Hall–Kier alpha value is -0.480. The number of aliphatic hydroxyl groups is 1. The fourth-order valence-electron chi connectivity index (χ4n) is 1.45. The molecule has 0 bridgehead atoms. The molecule has 0 saturated carbocycles. The molecule has 1 fully saturated rings. The van der Waals surface area contributed by atoms with Gasteiger partial charge in [0.05, 0.1) is 6.54 Å². The molecule has 0 aliphatic carbocycles. The van der Waals surface area contributed by atoms with Crippen LogP contribution in [0.5, 0.6) is 0 Å². The number of hydrogen-bond donors (Lipinski definition) is 1. The highest BCUT2D eigenvalue weighted by Crippen LogP contribution is 2.38. The summed E-state index contributed by atoms with van der Waals surface area (Å²) in [5.74, 6) is -3.08. The Morgan fingerprint density at radius 2 is 2.00 bits per heavy atom. The van der Waals surface area contributed by atoms with Gasteiger partial charge in [-0.1, -0.05) is 12.7 Å². The highest BCUT2D eigenvalue weighted by Gasteiger charge is 2.58. The van der Waals surface area contributed by atoms with E-state index in [4.69, 9.17) is 0 Å². The zero-order valence-corrected chi connectivity index (χ0v) is 7.93. The molecule has 1 aliphatic rings. The molecule has 1 rings (SSSR count). The van der Waals surface area contributed by atoms with Crippen LogP contribution >= 0.6 is 0 Å². The number of halogens is 2. The Labute approximate surface area is 76.8 Å². The van der Waals surface area contributed by atoms with Crippen molar-refractivity contribution in [2.24, 2.45) is 0 Å². The summed E-state index contributed by atoms with van der Waals surface area (Å²) in [6, 6.07) is 0.0137. The largest absolute Gasteiger partial charge is 0.378 e. The third kappa shape index (κ3) is 1.60. The molecule has 0 unspecified atom stereocenters. The van der Waals surface area contributed by atoms with Crippen LogP contribution in [0.15, 0.2) is 12.7 Å². The van der Waals surface area contributed by atoms with Crippen molar-refractivity contribution in [2.45, 2.75) is 31.4 Å². The summed E-state index contributed by atoms with van der Waals surface area (Å²) in [5, 5.41) is 9.54. The normalized spacial score (nSPS) is 34.0. The molecule has 1 heterocycles. The second kappa shape index (κ2) is 3.03. The van der Waals surface area contributed by atoms with Crippen LogP contribution in [0, 0.1) is 0 Å². The Morgan fingerprint density at radius 1 is 1.46 bits per heavy atom. The lowest BCUT2D eigenvalue weighted by atomic mass is 10.0. The number of hydrogen-bond acceptors (Lipinski definition) is 2. The van der Waals surface area contributed by atoms with Gasteiger partial charge in [-0.2, -0.15) is 0 Å². The number of likely N-dealkylation sites (tertiary alicyclic amines) is 1. The summed E-state index contributed by atoms with van der Waals surface area (Å²) in [6.45, 7) is 6.46. The molecule has 1 aliphatic heterocycles. The van der Waals surface area contributed by atoms with Crippen molar-refractivity contribution in [3.8, 4) is 0 Å². The molecule has 13 heavy (non-hydrogen) atoms. The van der Waals surface area contributed by atoms with Crippen LogP contribution in [0.4, 0.5) is 8.78 Å². The number of β-amino-alcohol motifs (C(OH)–C–C–N with tert-alkyl or cyclic N) is 1. The van der Waals surface area contributed by atoms with Crippen molar-refractivity contribution in [1.82, 2.24) is 4.90 Å². The molecule has 76 valence electrons. The average molecular weight is 191 g/mol. The predicted octanol–water partition coefficient (Wildman–Crippen LogP) is 1.26. The molecule has 0 aromatic heterocycles. The van der Waals surface area contributed by atoms with E-state index in [0.717, 1.165) is 6.08 Å². The first kappa shape index (κ1) is 10.6. The average Bonchev–Trinajstić information content (AvgIpc) is 2.24. The summed E-state index contributed by atoms with van der Waals surface area (Å²) in [4.78, 5) is 1.54. The molecule has 0 aromatic rings. The smallest absolute Gasteiger partial charge is 0.293 e. The van der Waals surface area contributed by atoms with Gasteiger partial charge >= 0.3 is 0 Å². The number of rotatable bonds is 2. The first-order valence-corrected chi connectivity index (χ1v) is 4.30. The van der Waals surface area contributed by atoms with E-state index >= 15 is 0 Å². The van der Waals surface area contributed by atoms with Gasteiger partial charge in [-0.3, -0.25) is 4.90 Å². The van der Waals surface area contributed by atoms with E-state index in [1.165, 1.54) is 0 Å². The maximum atomic E-state index is 13.2. The Kier molecular flexibility index (Phi) is 2.47. The van der Waals surface area contributed by atoms with E-state index < -0.39 is 18.1 Å². The van der Waals surface area contributed by atoms with Gasteiger partial charge in [-0.05, 0) is 13.8 Å². The molecular weight excluding hydrogens is 176 g/mol. The molecule has 2 nitrogen and oxygen atoms in total. The van der Waals surface area contributed by atoms with E-state index in [1.807, 2.05) is 13.8 Å². The molecule has 0 spiro atoms. The summed E-state index contributed by atoms with van der Waals surface area (Å²) < 4.78 is 26.5. The van der Waals surface area contributed by atoms with Gasteiger partial charge in [-0.15, -0.1) is 0 Å². The second-order valence-electron chi connectivity index (χ2n) is 3.83. The van der Waals surface area contributed by atoms with Crippen LogP contribution in [-0.2, 0) is 0 Å². The Balaban J connectivity index is 2.85. The lowest BCUT2D eigenvalue weighted by Crippen LogP contribution is -2.44. The number of nitrogens with zero attached hydrogens (tertiary/aromatic N) is 1. The van der Waals surface area contributed by atoms with Crippen molar-refractivity contribution < 1.29 is 13.9 Å². The van der Waals surface area contributed by atoms with E-state index in [9.17, 15) is 13.9 Å². The molecule has 1 N–H and O–H groups in total. The van der Waals surface area contributed by atoms with Crippen molar-refractivity contribution in [2.75, 3.05) is 13.1 Å². The van der Waals surface area contributed by atoms with Crippen LogP contribution in [-0.4, -0.2) is 40.7 Å². The highest BCUT2D eigenvalue weighted by molar-refractivity contribution is 5.13. The predicted molar refractivity (Wildman–Crippen MR) is 46.8 cm³/mol. The zero-order chi connectivity index (χ0) is 10.3. The second-order valence-corrected chi connectivity index (χ2v) is 3.83. The van der Waals surface area contributed by atoms with E-state index in [2.05, 4.69) is 6.58 Å². The standard InChI is InChI=1S/C9H15F2NO/c1-4-8(13)5-12(7(2)3)6-9(8,10)11/h4,7,13H,1,5-6H2,2-3H3/t8-/m0/s1. The summed E-state index contributed by atoms with van der Waals surface area (Å²) >= 11 is 0. The molecule has 1 saturated heterocycles. The van der Waals surface area contributed by atoms with Crippen LogP contribution in [0.3, 0.4) is 0 Å². The van der Waals surface area contributed by atoms with Gasteiger partial charge in [0.25, 0.3) is 5.92 Å². The fraction of sp³-hybridized carbons (Fsp3) is 0.778. The van der Waals surface area contributed by atoms with Gasteiger partial charge in [0.2, 0.25) is 0 Å². The molecule has 1 atom stereocenters. The van der Waals surface area contributed by atoms with Gasteiger partial charge in [-0.25, -0.2) is 8.78 Å². The van der Waals surface area contributed by atoms with E-state index in [-0.39, 0.29) is 12.6 Å². The van der Waals surface area contributed by atoms with E-state index in [1.54, 1.807) is 4.90 Å². The van der Waals surface area contributed by atoms with Crippen LogP contribution in [0.25, 0.3) is 0 Å². The molecule has 0 amide bonds. The number of alkyl halides is 2. The van der Waals surface area contributed by atoms with Gasteiger partial charge in [0, 0.05) is 12.6 Å². The van der Waals surface area contributed by atoms with Crippen LogP contribution in [0.2, 0.25) is 0 Å². The third-order valence-electron chi connectivity index (χ3n) is 2.55. The molecule has 4 heteroatoms. The van der Waals surface area contributed by atoms with Crippen molar-refractivity contribution >= 4 is 0 Å². The van der Waals surface area contributed by atoms with Crippen molar-refractivity contribution in [3.05, 3.63) is 12.7 Å². The summed E-state index contributed by atoms with van der Waals surface area (Å²) in [5.41, 5.74) is -2.06. The monoisotopic (exact) mass is 191 g/mol. The van der Waals surface area contributed by atoms with Crippen molar-refractivity contribution in [3.63, 3.8) is 0 Å². The zero-order valence-electron chi connectivity index (χ0n) is 7.93. The first-order valence-electron chi connectivity index (χ1n) is 4.30. The Morgan fingerprint density at radius 3 is 2.23 bits per heavy atom. The first-order chi connectivity index (χ1) is 5.82. The maximum Gasteiger partial charge on any atom is 0.293 e. The van der Waals surface area contributed by atoms with Crippen LogP contribution < -0.4 is 0 Å². The lowest BCUT2D eigenvalue weighted by molar-refractivity contribution is -0.117. The van der Waals surface area contributed by atoms with Crippen molar-refractivity contribution in [1.29, 1.82) is 0 Å². The molecular formula is C9H15F2NO. The maximum absolute atomic E-state index is 13.2. The SMILES string of the molecule is C=C[C@]1(O)CN(C(C)C)CC1(F)F. The van der Waals surface area contributed by atoms with Crippen LogP contribution in [0.1, 0.15) is 13.8 Å². The van der Waals surface area contributed by atoms with Gasteiger partial charge in [0.1, 0.15) is 0 Å². The minimum absolute atomic E-state index is 0.0137. The van der Waals surface area contributed by atoms with E-state index in [0.29, 0.717) is 0 Å². The topological polar surface area (TPSA) is 23.5 Å². The summed E-state index contributed by atoms with van der Waals surface area (Å²) in [6.07, 6.45) is 0.940. The quantitative estimate of drug-likeness (QED) is 0.664. The molecule has 0 aromatic carbocycles. The van der Waals surface area contributed by atoms with Gasteiger partial charge < -0.3 is 5.11 Å². The third-order valence-corrected chi connectivity index (χ3v) is 2.55. The summed E-state index contributed by atoms with van der Waals surface area (Å²) in [7, 11) is 0. The minimum Gasteiger partial charge on any atom is -0.378 e. The highest BCUT2D eigenvalue weighted by atomic mass is 19.3.